The molecule has 1 N–H and O–H groups in total. The van der Waals surface area contributed by atoms with Gasteiger partial charge in [0.05, 0.1) is 37.7 Å². The van der Waals surface area contributed by atoms with Crippen LogP contribution in [0.2, 0.25) is 0 Å². The monoisotopic (exact) mass is 284 g/mol. The fourth-order valence-corrected chi connectivity index (χ4v) is 2.28. The lowest BCUT2D eigenvalue weighted by molar-refractivity contribution is -0.0117. The molecule has 2 unspecified atom stereocenters. The van der Waals surface area contributed by atoms with Crippen molar-refractivity contribution in [3.05, 3.63) is 12.8 Å². The number of ether oxygens (including phenoxy) is 2. The third kappa shape index (κ3) is 4.80. The first kappa shape index (κ1) is 17.0. The summed E-state index contributed by atoms with van der Waals surface area (Å²) in [6, 6.07) is 0. The number of hydrazone groups is 1. The number of aliphatic hydroxyl groups excluding tert-OH is 1. The van der Waals surface area contributed by atoms with E-state index in [1.165, 1.54) is 12.0 Å². The number of aliphatic hydroxyl groups is 1. The lowest BCUT2D eigenvalue weighted by atomic mass is 9.92. The first-order chi connectivity index (χ1) is 9.55. The van der Waals surface area contributed by atoms with Crippen LogP contribution in [0, 0.1) is 0 Å². The Morgan fingerprint density at radius 3 is 2.85 bits per heavy atom. The van der Waals surface area contributed by atoms with Crippen LogP contribution in [0.1, 0.15) is 40.0 Å². The van der Waals surface area contributed by atoms with Crippen molar-refractivity contribution in [1.29, 1.82) is 0 Å². The fraction of sp³-hybridized carbons (Fsp3) is 0.800. The maximum atomic E-state index is 10.1. The molecule has 5 heteroatoms. The molecule has 5 nitrogen and oxygen atoms in total. The van der Waals surface area contributed by atoms with E-state index in [-0.39, 0.29) is 5.54 Å². The van der Waals surface area contributed by atoms with E-state index >= 15 is 0 Å². The maximum absolute atomic E-state index is 10.1. The third-order valence-electron chi connectivity index (χ3n) is 3.80. The van der Waals surface area contributed by atoms with E-state index in [9.17, 15) is 5.11 Å². The van der Waals surface area contributed by atoms with Crippen LogP contribution in [0.5, 0.6) is 0 Å². The minimum Gasteiger partial charge on any atom is -0.499 e. The molecule has 0 aliphatic carbocycles. The highest BCUT2D eigenvalue weighted by molar-refractivity contribution is 5.86. The lowest BCUT2D eigenvalue weighted by Gasteiger charge is -2.34. The summed E-state index contributed by atoms with van der Waals surface area (Å²) in [5.74, 6) is 0. The summed E-state index contributed by atoms with van der Waals surface area (Å²) < 4.78 is 10.3. The second-order valence-electron chi connectivity index (χ2n) is 5.40. The van der Waals surface area contributed by atoms with Crippen LogP contribution in [0.15, 0.2) is 17.9 Å². The molecule has 1 rings (SSSR count). The zero-order valence-electron chi connectivity index (χ0n) is 13.0. The largest absolute Gasteiger partial charge is 0.499 e. The van der Waals surface area contributed by atoms with Gasteiger partial charge in [0.1, 0.15) is 6.61 Å². The third-order valence-corrected chi connectivity index (χ3v) is 3.80. The quantitative estimate of drug-likeness (QED) is 0.493. The number of rotatable bonds is 10. The second-order valence-corrected chi connectivity index (χ2v) is 5.40. The van der Waals surface area contributed by atoms with Gasteiger partial charge in [0, 0.05) is 12.1 Å². The average molecular weight is 284 g/mol. The molecule has 20 heavy (non-hydrogen) atoms. The van der Waals surface area contributed by atoms with Gasteiger partial charge in [-0.05, 0) is 19.8 Å². The SMILES string of the molecule is C=COCCOCC(O)CN1N=C(CC)CC1(C)CC. The fourth-order valence-electron chi connectivity index (χ4n) is 2.28. The minimum atomic E-state index is -0.537. The molecule has 0 aromatic heterocycles. The molecule has 0 bridgehead atoms. The van der Waals surface area contributed by atoms with Crippen LogP contribution < -0.4 is 0 Å². The van der Waals surface area contributed by atoms with E-state index in [2.05, 4.69) is 32.5 Å². The summed E-state index contributed by atoms with van der Waals surface area (Å²) in [5.41, 5.74) is 1.24. The van der Waals surface area contributed by atoms with Crippen molar-refractivity contribution < 1.29 is 14.6 Å². The van der Waals surface area contributed by atoms with Crippen molar-refractivity contribution in [2.24, 2.45) is 5.10 Å². The van der Waals surface area contributed by atoms with Gasteiger partial charge in [0.25, 0.3) is 0 Å². The normalized spacial score (nSPS) is 23.6. The van der Waals surface area contributed by atoms with Crippen LogP contribution in [-0.4, -0.2) is 53.8 Å². The molecule has 0 spiro atoms. The van der Waals surface area contributed by atoms with Crippen molar-refractivity contribution in [2.45, 2.75) is 51.7 Å². The summed E-state index contributed by atoms with van der Waals surface area (Å²) in [5, 5.41) is 16.7. The van der Waals surface area contributed by atoms with Gasteiger partial charge < -0.3 is 14.6 Å². The van der Waals surface area contributed by atoms with Crippen molar-refractivity contribution in [3.63, 3.8) is 0 Å². The lowest BCUT2D eigenvalue weighted by Crippen LogP contribution is -2.44. The van der Waals surface area contributed by atoms with Gasteiger partial charge >= 0.3 is 0 Å². The first-order valence-electron chi connectivity index (χ1n) is 7.38. The highest BCUT2D eigenvalue weighted by atomic mass is 16.5. The Morgan fingerprint density at radius 2 is 2.25 bits per heavy atom. The smallest absolute Gasteiger partial charge is 0.111 e. The van der Waals surface area contributed by atoms with Gasteiger partial charge in [0.2, 0.25) is 0 Å². The molecule has 0 fully saturated rings. The summed E-state index contributed by atoms with van der Waals surface area (Å²) in [6.07, 6.45) is 3.82. The maximum Gasteiger partial charge on any atom is 0.111 e. The standard InChI is InChI=1S/C15H28N2O3/c1-5-13-10-15(4,6-2)17(16-13)11-14(18)12-20-9-8-19-7-3/h7,14,18H,3,5-6,8-12H2,1-2,4H3. The molecule has 1 aliphatic heterocycles. The predicted molar refractivity (Wildman–Crippen MR) is 80.7 cm³/mol. The molecule has 0 radical (unpaired) electrons. The Morgan fingerprint density at radius 1 is 1.50 bits per heavy atom. The Bertz CT molecular complexity index is 333. The van der Waals surface area contributed by atoms with Crippen LogP contribution in [0.3, 0.4) is 0 Å². The summed E-state index contributed by atoms with van der Waals surface area (Å²) in [7, 11) is 0. The van der Waals surface area contributed by atoms with Crippen LogP contribution in [0.4, 0.5) is 0 Å². The van der Waals surface area contributed by atoms with Gasteiger partial charge in [-0.1, -0.05) is 20.4 Å². The van der Waals surface area contributed by atoms with Crippen LogP contribution >= 0.6 is 0 Å². The summed E-state index contributed by atoms with van der Waals surface area (Å²) in [6.45, 7) is 11.7. The van der Waals surface area contributed by atoms with Crippen molar-refractivity contribution in [2.75, 3.05) is 26.4 Å². The van der Waals surface area contributed by atoms with E-state index < -0.39 is 6.10 Å². The van der Waals surface area contributed by atoms with Crippen molar-refractivity contribution >= 4 is 5.71 Å². The van der Waals surface area contributed by atoms with Gasteiger partial charge in [0.15, 0.2) is 0 Å². The number of β-amino-alcohol motifs (C(OH)–C–C–N with tert-alkyl or cyclic N) is 1. The molecule has 0 saturated heterocycles. The summed E-state index contributed by atoms with van der Waals surface area (Å²) in [4.78, 5) is 0. The Labute approximate surface area is 122 Å². The molecule has 1 heterocycles. The highest BCUT2D eigenvalue weighted by Gasteiger charge is 2.36. The van der Waals surface area contributed by atoms with E-state index in [1.807, 2.05) is 5.01 Å². The molecule has 116 valence electrons. The van der Waals surface area contributed by atoms with Crippen LogP contribution in [-0.2, 0) is 9.47 Å². The highest BCUT2D eigenvalue weighted by Crippen LogP contribution is 2.31. The van der Waals surface area contributed by atoms with Gasteiger partial charge in [-0.2, -0.15) is 5.10 Å². The van der Waals surface area contributed by atoms with Crippen LogP contribution in [0.25, 0.3) is 0 Å². The van der Waals surface area contributed by atoms with Gasteiger partial charge in [-0.15, -0.1) is 0 Å². The Hall–Kier alpha value is -1.07. The van der Waals surface area contributed by atoms with E-state index in [1.54, 1.807) is 0 Å². The zero-order chi connectivity index (χ0) is 15.0. The topological polar surface area (TPSA) is 54.3 Å². The average Bonchev–Trinajstić information content (AvgIpc) is 2.76. The second kappa shape index (κ2) is 8.27. The molecule has 0 aromatic rings. The van der Waals surface area contributed by atoms with Gasteiger partial charge in [-0.3, -0.25) is 5.01 Å². The number of hydrogen-bond donors (Lipinski definition) is 1. The van der Waals surface area contributed by atoms with Crippen molar-refractivity contribution in [1.82, 2.24) is 5.01 Å². The molecule has 2 atom stereocenters. The van der Waals surface area contributed by atoms with Crippen molar-refractivity contribution in [3.8, 4) is 0 Å². The minimum absolute atomic E-state index is 0.0261. The predicted octanol–water partition coefficient (Wildman–Crippen LogP) is 2.16. The molecule has 0 amide bonds. The first-order valence-corrected chi connectivity index (χ1v) is 7.38. The molecular weight excluding hydrogens is 256 g/mol. The molecular formula is C15H28N2O3. The Balaban J connectivity index is 2.37. The van der Waals surface area contributed by atoms with E-state index in [4.69, 9.17) is 9.47 Å². The molecule has 0 aromatic carbocycles. The van der Waals surface area contributed by atoms with E-state index in [0.717, 1.165) is 19.3 Å². The summed E-state index contributed by atoms with van der Waals surface area (Å²) >= 11 is 0. The zero-order valence-corrected chi connectivity index (χ0v) is 13.0. The van der Waals surface area contributed by atoms with E-state index in [0.29, 0.717) is 26.4 Å². The molecule has 1 aliphatic rings. The number of nitrogens with zero attached hydrogens (tertiary/aromatic N) is 2. The van der Waals surface area contributed by atoms with Gasteiger partial charge in [-0.25, -0.2) is 0 Å². The number of hydrogen-bond acceptors (Lipinski definition) is 5. The molecule has 0 saturated carbocycles. The Kier molecular flexibility index (Phi) is 7.02.